The van der Waals surface area contributed by atoms with Gasteiger partial charge in [0.25, 0.3) is 0 Å². The molecule has 0 aliphatic rings. The number of carboxylic acids is 1. The molecule has 0 saturated carbocycles. The van der Waals surface area contributed by atoms with Gasteiger partial charge in [-0.3, -0.25) is 0 Å². The molecule has 0 atom stereocenters. The minimum absolute atomic E-state index is 0.102. The van der Waals surface area contributed by atoms with Gasteiger partial charge in [-0.2, -0.15) is 13.2 Å². The smallest absolute Gasteiger partial charge is 0.475 e. The van der Waals surface area contributed by atoms with Crippen molar-refractivity contribution in [2.45, 2.75) is 17.6 Å². The van der Waals surface area contributed by atoms with Crippen LogP contribution in [0.4, 0.5) is 13.2 Å². The average molecular weight is 300 g/mol. The summed E-state index contributed by atoms with van der Waals surface area (Å²) in [6.07, 6.45) is -5.08. The topological polar surface area (TPSA) is 123 Å². The Morgan fingerprint density at radius 1 is 1.32 bits per heavy atom. The summed E-state index contributed by atoms with van der Waals surface area (Å²) in [7, 11) is -3.59. The molecule has 0 unspecified atom stereocenters. The van der Waals surface area contributed by atoms with E-state index in [4.69, 9.17) is 20.8 Å². The molecule has 5 N–H and O–H groups in total. The summed E-state index contributed by atoms with van der Waals surface area (Å²) in [5.74, 6) is -2.76. The van der Waals surface area contributed by atoms with Crippen LogP contribution in [0, 0.1) is 0 Å². The maximum Gasteiger partial charge on any atom is 0.490 e. The van der Waals surface area contributed by atoms with E-state index in [2.05, 4.69) is 0 Å². The molecule has 0 heterocycles. The van der Waals surface area contributed by atoms with E-state index in [1.807, 2.05) is 0 Å². The van der Waals surface area contributed by atoms with Crippen LogP contribution < -0.4 is 10.9 Å². The molecular formula is C9H11F3N2O4S. The van der Waals surface area contributed by atoms with Gasteiger partial charge in [-0.25, -0.2) is 18.4 Å². The second kappa shape index (κ2) is 6.50. The van der Waals surface area contributed by atoms with Gasteiger partial charge in [0.2, 0.25) is 10.0 Å². The first-order valence-electron chi connectivity index (χ1n) is 4.60. The number of nitrogens with two attached hydrogens (primary N) is 2. The third kappa shape index (κ3) is 6.74. The van der Waals surface area contributed by atoms with E-state index in [-0.39, 0.29) is 4.90 Å². The van der Waals surface area contributed by atoms with Gasteiger partial charge in [-0.1, -0.05) is 12.1 Å². The van der Waals surface area contributed by atoms with E-state index in [0.29, 0.717) is 6.54 Å². The van der Waals surface area contributed by atoms with Crippen molar-refractivity contribution in [2.75, 3.05) is 0 Å². The fourth-order valence-electron chi connectivity index (χ4n) is 0.849. The zero-order valence-electron chi connectivity index (χ0n) is 9.39. The Kier molecular flexibility index (Phi) is 5.93. The quantitative estimate of drug-likeness (QED) is 0.730. The number of carbonyl (C=O) groups is 1. The van der Waals surface area contributed by atoms with Crippen LogP contribution in [0.5, 0.6) is 0 Å². The highest BCUT2D eigenvalue weighted by molar-refractivity contribution is 7.89. The van der Waals surface area contributed by atoms with E-state index in [0.717, 1.165) is 5.56 Å². The summed E-state index contributed by atoms with van der Waals surface area (Å²) in [5, 5.41) is 12.0. The van der Waals surface area contributed by atoms with Gasteiger partial charge in [0, 0.05) is 6.54 Å². The van der Waals surface area contributed by atoms with Crippen molar-refractivity contribution in [1.82, 2.24) is 0 Å². The van der Waals surface area contributed by atoms with Crippen LogP contribution in [0.1, 0.15) is 5.56 Å². The lowest BCUT2D eigenvalue weighted by Crippen LogP contribution is -2.21. The first-order valence-corrected chi connectivity index (χ1v) is 6.15. The molecule has 6 nitrogen and oxygen atoms in total. The highest BCUT2D eigenvalue weighted by Gasteiger charge is 2.38. The van der Waals surface area contributed by atoms with Gasteiger partial charge < -0.3 is 10.8 Å². The van der Waals surface area contributed by atoms with E-state index in [1.54, 1.807) is 12.1 Å². The Morgan fingerprint density at radius 3 is 2.11 bits per heavy atom. The predicted octanol–water partition coefficient (Wildman–Crippen LogP) is 0.426. The number of rotatable bonds is 2. The Morgan fingerprint density at radius 2 is 1.79 bits per heavy atom. The number of primary sulfonamides is 1. The fraction of sp³-hybridized carbons (Fsp3) is 0.222. The molecule has 0 aliphatic heterocycles. The predicted molar refractivity (Wildman–Crippen MR) is 59.4 cm³/mol. The summed E-state index contributed by atoms with van der Waals surface area (Å²) >= 11 is 0. The first-order chi connectivity index (χ1) is 8.48. The Bertz CT molecular complexity index is 543. The molecule has 1 aromatic rings. The van der Waals surface area contributed by atoms with Crippen molar-refractivity contribution in [3.8, 4) is 0 Å². The van der Waals surface area contributed by atoms with E-state index >= 15 is 0 Å². The largest absolute Gasteiger partial charge is 0.490 e. The summed E-state index contributed by atoms with van der Waals surface area (Å²) in [4.78, 5) is 9.00. The molecule has 0 radical (unpaired) electrons. The highest BCUT2D eigenvalue weighted by atomic mass is 32.2. The molecule has 0 aliphatic carbocycles. The van der Waals surface area contributed by atoms with Crippen molar-refractivity contribution >= 4 is 16.0 Å². The fourth-order valence-corrected chi connectivity index (χ4v) is 1.43. The number of hydrogen-bond acceptors (Lipinski definition) is 4. The zero-order valence-corrected chi connectivity index (χ0v) is 10.2. The monoisotopic (exact) mass is 300 g/mol. The zero-order chi connectivity index (χ0) is 15.3. The Balaban J connectivity index is 0.000000399. The van der Waals surface area contributed by atoms with Crippen molar-refractivity contribution in [3.05, 3.63) is 29.8 Å². The number of aliphatic carboxylic acids is 1. The lowest BCUT2D eigenvalue weighted by Gasteiger charge is -1.99. The van der Waals surface area contributed by atoms with Crippen LogP contribution in [0.25, 0.3) is 0 Å². The summed E-state index contributed by atoms with van der Waals surface area (Å²) in [5.41, 5.74) is 6.08. The number of sulfonamides is 1. The van der Waals surface area contributed by atoms with Crippen LogP contribution in [0.15, 0.2) is 29.2 Å². The molecule has 10 heteroatoms. The number of hydrogen-bond donors (Lipinski definition) is 3. The van der Waals surface area contributed by atoms with Crippen molar-refractivity contribution in [2.24, 2.45) is 10.9 Å². The van der Waals surface area contributed by atoms with Crippen molar-refractivity contribution < 1.29 is 31.5 Å². The third-order valence-corrected chi connectivity index (χ3v) is 2.62. The second-order valence-electron chi connectivity index (χ2n) is 3.20. The number of halogens is 3. The summed E-state index contributed by atoms with van der Waals surface area (Å²) < 4.78 is 53.4. The molecule has 1 aromatic carbocycles. The van der Waals surface area contributed by atoms with E-state index in [9.17, 15) is 21.6 Å². The van der Waals surface area contributed by atoms with E-state index in [1.165, 1.54) is 12.1 Å². The summed E-state index contributed by atoms with van der Waals surface area (Å²) in [6.45, 7) is 0.309. The molecule has 0 saturated heterocycles. The lowest BCUT2D eigenvalue weighted by atomic mass is 10.2. The maximum atomic E-state index is 10.8. The van der Waals surface area contributed by atoms with Gasteiger partial charge in [0.15, 0.2) is 0 Å². The van der Waals surface area contributed by atoms with Gasteiger partial charge in [-0.15, -0.1) is 0 Å². The normalized spacial score (nSPS) is 11.4. The minimum atomic E-state index is -5.08. The highest BCUT2D eigenvalue weighted by Crippen LogP contribution is 2.13. The SMILES string of the molecule is NCc1cccc(S(N)(=O)=O)c1.O=C(O)C(F)(F)F. The molecular weight excluding hydrogens is 289 g/mol. The van der Waals surface area contributed by atoms with Crippen LogP contribution in [-0.2, 0) is 21.4 Å². The van der Waals surface area contributed by atoms with Gasteiger partial charge in [0.1, 0.15) is 0 Å². The van der Waals surface area contributed by atoms with Crippen LogP contribution in [0.2, 0.25) is 0 Å². The number of carboxylic acid groups (broad SMARTS) is 1. The second-order valence-corrected chi connectivity index (χ2v) is 4.76. The molecule has 0 amide bonds. The van der Waals surface area contributed by atoms with Gasteiger partial charge in [0.05, 0.1) is 4.90 Å². The van der Waals surface area contributed by atoms with Gasteiger partial charge in [-0.05, 0) is 17.7 Å². The Hall–Kier alpha value is -1.65. The van der Waals surface area contributed by atoms with Crippen LogP contribution >= 0.6 is 0 Å². The first kappa shape index (κ1) is 17.4. The Labute approximate surface area is 106 Å². The molecule has 0 aromatic heterocycles. The molecule has 0 bridgehead atoms. The van der Waals surface area contributed by atoms with Crippen LogP contribution in [0.3, 0.4) is 0 Å². The third-order valence-electron chi connectivity index (χ3n) is 1.71. The molecule has 108 valence electrons. The number of alkyl halides is 3. The maximum absolute atomic E-state index is 10.8. The van der Waals surface area contributed by atoms with Gasteiger partial charge >= 0.3 is 12.1 Å². The molecule has 0 spiro atoms. The molecule has 1 rings (SSSR count). The van der Waals surface area contributed by atoms with Crippen molar-refractivity contribution in [1.29, 1.82) is 0 Å². The molecule has 0 fully saturated rings. The molecule has 19 heavy (non-hydrogen) atoms. The van der Waals surface area contributed by atoms with Crippen LogP contribution in [-0.4, -0.2) is 25.7 Å². The standard InChI is InChI=1S/C7H10N2O2S.C2HF3O2/c8-5-6-2-1-3-7(4-6)12(9,10)11;3-2(4,5)1(6)7/h1-4H,5,8H2,(H2,9,10,11);(H,6,7). The van der Waals surface area contributed by atoms with E-state index < -0.39 is 22.2 Å². The average Bonchev–Trinajstić information content (AvgIpc) is 2.27. The lowest BCUT2D eigenvalue weighted by molar-refractivity contribution is -0.192. The van der Waals surface area contributed by atoms with Crippen molar-refractivity contribution in [3.63, 3.8) is 0 Å². The number of benzene rings is 1. The minimum Gasteiger partial charge on any atom is -0.475 e. The summed E-state index contributed by atoms with van der Waals surface area (Å²) in [6, 6.07) is 6.26.